The number of anilines is 1. The van der Waals surface area contributed by atoms with Crippen LogP contribution in [0.2, 0.25) is 0 Å². The Balaban J connectivity index is 2.21. The third-order valence-electron chi connectivity index (χ3n) is 1.62. The van der Waals surface area contributed by atoms with Crippen molar-refractivity contribution < 1.29 is 9.21 Å². The van der Waals surface area contributed by atoms with Crippen LogP contribution in [0.3, 0.4) is 0 Å². The largest absolute Gasteiger partial charge is 0.448 e. The molecule has 3 heteroatoms. The molecule has 1 saturated heterocycles. The van der Waals surface area contributed by atoms with Crippen LogP contribution in [-0.2, 0) is 4.79 Å². The molecule has 0 atom stereocenters. The van der Waals surface area contributed by atoms with Crippen molar-refractivity contribution in [3.8, 4) is 0 Å². The van der Waals surface area contributed by atoms with E-state index in [2.05, 4.69) is 0 Å². The maximum Gasteiger partial charge on any atom is 0.231 e. The highest BCUT2D eigenvalue weighted by Crippen LogP contribution is 2.21. The Hall–Kier alpha value is -1.25. The fourth-order valence-electron chi connectivity index (χ4n) is 0.971. The van der Waals surface area contributed by atoms with Crippen LogP contribution in [0.5, 0.6) is 0 Å². The van der Waals surface area contributed by atoms with Crippen molar-refractivity contribution in [1.29, 1.82) is 0 Å². The number of rotatable bonds is 1. The van der Waals surface area contributed by atoms with E-state index in [9.17, 15) is 4.79 Å². The van der Waals surface area contributed by atoms with Crippen LogP contribution in [0.15, 0.2) is 22.8 Å². The summed E-state index contributed by atoms with van der Waals surface area (Å²) < 4.78 is 5.01. The van der Waals surface area contributed by atoms with Gasteiger partial charge in [-0.1, -0.05) is 0 Å². The highest BCUT2D eigenvalue weighted by atomic mass is 16.3. The molecule has 0 bridgehead atoms. The summed E-state index contributed by atoms with van der Waals surface area (Å²) in [7, 11) is 0. The lowest BCUT2D eigenvalue weighted by molar-refractivity contribution is -0.122. The second-order valence-corrected chi connectivity index (χ2v) is 2.25. The first-order valence-electron chi connectivity index (χ1n) is 3.22. The Morgan fingerprint density at radius 1 is 1.60 bits per heavy atom. The van der Waals surface area contributed by atoms with E-state index in [1.54, 1.807) is 23.3 Å². The normalized spacial score (nSPS) is 17.2. The molecule has 1 aromatic heterocycles. The number of β-lactam (4-membered cyclic amide) rings is 1. The summed E-state index contributed by atoms with van der Waals surface area (Å²) in [5, 5.41) is 0. The monoisotopic (exact) mass is 137 g/mol. The SMILES string of the molecule is O=C1CCN1c1ccco1. The average Bonchev–Trinajstić information content (AvgIpc) is 2.37. The molecule has 1 aliphatic heterocycles. The molecule has 3 nitrogen and oxygen atoms in total. The summed E-state index contributed by atoms with van der Waals surface area (Å²) in [5.41, 5.74) is 0. The minimum absolute atomic E-state index is 0.148. The molecule has 1 amide bonds. The summed E-state index contributed by atoms with van der Waals surface area (Å²) in [6.45, 7) is 0.798. The molecule has 0 spiro atoms. The minimum atomic E-state index is 0.148. The zero-order valence-corrected chi connectivity index (χ0v) is 5.41. The molecule has 0 saturated carbocycles. The molecule has 1 fully saturated rings. The Kier molecular flexibility index (Phi) is 1.03. The number of hydrogen-bond donors (Lipinski definition) is 0. The van der Waals surface area contributed by atoms with Gasteiger partial charge in [-0.15, -0.1) is 0 Å². The van der Waals surface area contributed by atoms with Crippen molar-refractivity contribution in [2.75, 3.05) is 11.4 Å². The van der Waals surface area contributed by atoms with E-state index in [1.165, 1.54) is 0 Å². The molecular weight excluding hydrogens is 130 g/mol. The maximum atomic E-state index is 10.8. The van der Waals surface area contributed by atoms with Gasteiger partial charge in [0.15, 0.2) is 0 Å². The fraction of sp³-hybridized carbons (Fsp3) is 0.286. The number of amides is 1. The van der Waals surface area contributed by atoms with Crippen molar-refractivity contribution in [2.24, 2.45) is 0 Å². The predicted octanol–water partition coefficient (Wildman–Crippen LogP) is 1.02. The van der Waals surface area contributed by atoms with E-state index in [4.69, 9.17) is 4.42 Å². The van der Waals surface area contributed by atoms with Gasteiger partial charge in [-0.2, -0.15) is 0 Å². The fourth-order valence-corrected chi connectivity index (χ4v) is 0.971. The van der Waals surface area contributed by atoms with Gasteiger partial charge >= 0.3 is 0 Å². The molecule has 0 unspecified atom stereocenters. The quantitative estimate of drug-likeness (QED) is 0.541. The van der Waals surface area contributed by atoms with Gasteiger partial charge in [-0.25, -0.2) is 0 Å². The number of hydrogen-bond acceptors (Lipinski definition) is 2. The lowest BCUT2D eigenvalue weighted by Gasteiger charge is -2.27. The summed E-state index contributed by atoms with van der Waals surface area (Å²) >= 11 is 0. The van der Waals surface area contributed by atoms with Gasteiger partial charge in [-0.3, -0.25) is 9.69 Å². The number of carbonyl (C=O) groups is 1. The molecule has 0 N–H and O–H groups in total. The lowest BCUT2D eigenvalue weighted by atomic mass is 10.2. The summed E-state index contributed by atoms with van der Waals surface area (Å²) in [6, 6.07) is 3.57. The number of furan rings is 1. The highest BCUT2D eigenvalue weighted by molar-refractivity contribution is 5.98. The molecule has 0 radical (unpaired) electrons. The maximum absolute atomic E-state index is 10.8. The number of carbonyl (C=O) groups excluding carboxylic acids is 1. The first kappa shape index (κ1) is 5.53. The van der Waals surface area contributed by atoms with Gasteiger partial charge in [0.25, 0.3) is 0 Å². The molecule has 1 aromatic rings. The molecule has 10 heavy (non-hydrogen) atoms. The van der Waals surface area contributed by atoms with Gasteiger partial charge in [0.1, 0.15) is 0 Å². The van der Waals surface area contributed by atoms with Crippen LogP contribution in [0.25, 0.3) is 0 Å². The van der Waals surface area contributed by atoms with Crippen molar-refractivity contribution >= 4 is 11.8 Å². The van der Waals surface area contributed by atoms with Crippen molar-refractivity contribution in [1.82, 2.24) is 0 Å². The van der Waals surface area contributed by atoms with E-state index < -0.39 is 0 Å². The molecular formula is C7H7NO2. The van der Waals surface area contributed by atoms with Crippen LogP contribution in [0.1, 0.15) is 6.42 Å². The van der Waals surface area contributed by atoms with Crippen LogP contribution < -0.4 is 4.90 Å². The van der Waals surface area contributed by atoms with Crippen LogP contribution in [0, 0.1) is 0 Å². The van der Waals surface area contributed by atoms with Crippen LogP contribution >= 0.6 is 0 Å². The van der Waals surface area contributed by atoms with E-state index in [-0.39, 0.29) is 5.91 Å². The minimum Gasteiger partial charge on any atom is -0.448 e. The van der Waals surface area contributed by atoms with Crippen molar-refractivity contribution in [3.63, 3.8) is 0 Å². The molecule has 2 rings (SSSR count). The number of nitrogens with zero attached hydrogens (tertiary/aromatic N) is 1. The van der Waals surface area contributed by atoms with Gasteiger partial charge in [0.05, 0.1) is 6.26 Å². The smallest absolute Gasteiger partial charge is 0.231 e. The third-order valence-corrected chi connectivity index (χ3v) is 1.62. The first-order chi connectivity index (χ1) is 4.88. The second kappa shape index (κ2) is 1.87. The molecule has 0 aromatic carbocycles. The third kappa shape index (κ3) is 0.635. The first-order valence-corrected chi connectivity index (χ1v) is 3.22. The van der Waals surface area contributed by atoms with E-state index in [1.807, 2.05) is 0 Å². The second-order valence-electron chi connectivity index (χ2n) is 2.25. The summed E-state index contributed by atoms with van der Waals surface area (Å²) in [4.78, 5) is 12.4. The Morgan fingerprint density at radius 2 is 2.50 bits per heavy atom. The molecule has 2 heterocycles. The topological polar surface area (TPSA) is 33.5 Å². The molecule has 0 aliphatic carbocycles. The Bertz CT molecular complexity index is 240. The van der Waals surface area contributed by atoms with Crippen LogP contribution in [-0.4, -0.2) is 12.5 Å². The van der Waals surface area contributed by atoms with Crippen LogP contribution in [0.4, 0.5) is 5.88 Å². The zero-order valence-electron chi connectivity index (χ0n) is 5.41. The van der Waals surface area contributed by atoms with Gasteiger partial charge in [0.2, 0.25) is 11.8 Å². The predicted molar refractivity (Wildman–Crippen MR) is 35.7 cm³/mol. The molecule has 52 valence electrons. The van der Waals surface area contributed by atoms with E-state index in [0.29, 0.717) is 12.3 Å². The summed E-state index contributed by atoms with van der Waals surface area (Å²) in [6.07, 6.45) is 2.22. The lowest BCUT2D eigenvalue weighted by Crippen LogP contribution is -2.43. The van der Waals surface area contributed by atoms with Gasteiger partial charge in [-0.05, 0) is 6.07 Å². The van der Waals surface area contributed by atoms with Crippen molar-refractivity contribution in [2.45, 2.75) is 6.42 Å². The van der Waals surface area contributed by atoms with Gasteiger partial charge in [0, 0.05) is 19.0 Å². The Morgan fingerprint density at radius 3 is 2.90 bits per heavy atom. The Labute approximate surface area is 58.2 Å². The average molecular weight is 137 g/mol. The highest BCUT2D eigenvalue weighted by Gasteiger charge is 2.26. The summed E-state index contributed by atoms with van der Waals surface area (Å²) in [5.74, 6) is 0.811. The zero-order chi connectivity index (χ0) is 6.97. The standard InChI is InChI=1S/C7H7NO2/c9-6-3-4-8(6)7-2-1-5-10-7/h1-2,5H,3-4H2. The van der Waals surface area contributed by atoms with E-state index in [0.717, 1.165) is 6.54 Å². The van der Waals surface area contributed by atoms with Crippen molar-refractivity contribution in [3.05, 3.63) is 18.4 Å². The molecule has 1 aliphatic rings. The van der Waals surface area contributed by atoms with E-state index >= 15 is 0 Å². The van der Waals surface area contributed by atoms with Gasteiger partial charge < -0.3 is 4.42 Å².